The number of morpholine rings is 1. The Labute approximate surface area is 196 Å². The standard InChI is InChI=1S/C24H23ClN2O4S/c1-15-12-26(13-16(2)31-15)22(28)19-7-3-17(4-8-19)11-21-23(29)27(24(30)32-21)14-18-5-9-20(25)10-6-18/h3-11,15-16H,12-14H2,1-2H3. The number of carbonyl (C=O) groups excluding carboxylic acids is 3. The highest BCUT2D eigenvalue weighted by Gasteiger charge is 2.35. The monoisotopic (exact) mass is 470 g/mol. The summed E-state index contributed by atoms with van der Waals surface area (Å²) in [6.07, 6.45) is 1.69. The van der Waals surface area contributed by atoms with Crippen molar-refractivity contribution in [2.75, 3.05) is 13.1 Å². The minimum Gasteiger partial charge on any atom is -0.372 e. The van der Waals surface area contributed by atoms with E-state index in [9.17, 15) is 14.4 Å². The van der Waals surface area contributed by atoms with E-state index in [1.165, 1.54) is 4.90 Å². The van der Waals surface area contributed by atoms with E-state index in [0.717, 1.165) is 22.9 Å². The summed E-state index contributed by atoms with van der Waals surface area (Å²) in [7, 11) is 0. The van der Waals surface area contributed by atoms with Crippen molar-refractivity contribution >= 4 is 46.5 Å². The van der Waals surface area contributed by atoms with E-state index >= 15 is 0 Å². The van der Waals surface area contributed by atoms with Crippen LogP contribution in [-0.4, -0.2) is 52.2 Å². The summed E-state index contributed by atoms with van der Waals surface area (Å²) in [5.74, 6) is -0.367. The van der Waals surface area contributed by atoms with Crippen LogP contribution in [0.2, 0.25) is 5.02 Å². The van der Waals surface area contributed by atoms with Crippen molar-refractivity contribution < 1.29 is 19.1 Å². The lowest BCUT2D eigenvalue weighted by molar-refractivity contribution is -0.123. The zero-order chi connectivity index (χ0) is 22.8. The molecule has 0 radical (unpaired) electrons. The van der Waals surface area contributed by atoms with Gasteiger partial charge in [0.1, 0.15) is 0 Å². The molecule has 2 aromatic rings. The Bertz CT molecular complexity index is 1060. The number of hydrogen-bond donors (Lipinski definition) is 0. The van der Waals surface area contributed by atoms with E-state index in [-0.39, 0.29) is 35.8 Å². The van der Waals surface area contributed by atoms with Gasteiger partial charge in [0.25, 0.3) is 17.1 Å². The molecule has 2 unspecified atom stereocenters. The SMILES string of the molecule is CC1CN(C(=O)c2ccc(C=C3SC(=O)N(Cc4ccc(Cl)cc4)C3=O)cc2)CC(C)O1. The molecule has 0 spiro atoms. The quantitative estimate of drug-likeness (QED) is 0.599. The van der Waals surface area contributed by atoms with Crippen molar-refractivity contribution in [2.45, 2.75) is 32.6 Å². The number of halogens is 1. The van der Waals surface area contributed by atoms with Gasteiger partial charge in [0.15, 0.2) is 0 Å². The fraction of sp³-hybridized carbons (Fsp3) is 0.292. The lowest BCUT2D eigenvalue weighted by atomic mass is 10.1. The Hall–Kier alpha value is -2.61. The predicted molar refractivity (Wildman–Crippen MR) is 125 cm³/mol. The molecule has 8 heteroatoms. The number of imide groups is 1. The molecule has 3 amide bonds. The molecule has 2 aliphatic heterocycles. The first kappa shape index (κ1) is 22.6. The maximum Gasteiger partial charge on any atom is 0.293 e. The lowest BCUT2D eigenvalue weighted by Crippen LogP contribution is -2.48. The summed E-state index contributed by atoms with van der Waals surface area (Å²) in [4.78, 5) is 41.3. The van der Waals surface area contributed by atoms with Gasteiger partial charge in [-0.3, -0.25) is 19.3 Å². The average molecular weight is 471 g/mol. The zero-order valence-electron chi connectivity index (χ0n) is 17.8. The second-order valence-corrected chi connectivity index (χ2v) is 9.41. The van der Waals surface area contributed by atoms with Crippen molar-refractivity contribution in [1.82, 2.24) is 9.80 Å². The van der Waals surface area contributed by atoms with E-state index in [0.29, 0.717) is 28.6 Å². The highest BCUT2D eigenvalue weighted by molar-refractivity contribution is 8.18. The molecule has 2 saturated heterocycles. The maximum absolute atomic E-state index is 12.8. The van der Waals surface area contributed by atoms with Crippen LogP contribution in [0.1, 0.15) is 35.3 Å². The topological polar surface area (TPSA) is 66.9 Å². The van der Waals surface area contributed by atoms with Crippen molar-refractivity contribution in [1.29, 1.82) is 0 Å². The largest absolute Gasteiger partial charge is 0.372 e. The normalized spacial score (nSPS) is 22.7. The average Bonchev–Trinajstić information content (AvgIpc) is 3.02. The van der Waals surface area contributed by atoms with Gasteiger partial charge in [0.2, 0.25) is 0 Å². The van der Waals surface area contributed by atoms with Crippen LogP contribution in [0, 0.1) is 0 Å². The number of benzene rings is 2. The van der Waals surface area contributed by atoms with E-state index in [1.54, 1.807) is 59.5 Å². The third kappa shape index (κ3) is 5.06. The molecule has 2 heterocycles. The summed E-state index contributed by atoms with van der Waals surface area (Å²) in [5, 5.41) is 0.293. The molecule has 2 atom stereocenters. The number of ether oxygens (including phenoxy) is 1. The van der Waals surface area contributed by atoms with Crippen molar-refractivity contribution in [3.63, 3.8) is 0 Å². The fourth-order valence-electron chi connectivity index (χ4n) is 3.81. The van der Waals surface area contributed by atoms with Crippen molar-refractivity contribution in [3.05, 3.63) is 75.1 Å². The number of carbonyl (C=O) groups is 3. The van der Waals surface area contributed by atoms with Crippen LogP contribution < -0.4 is 0 Å². The first-order chi connectivity index (χ1) is 15.3. The van der Waals surface area contributed by atoms with Crippen molar-refractivity contribution in [3.8, 4) is 0 Å². The first-order valence-corrected chi connectivity index (χ1v) is 11.5. The molecular formula is C24H23ClN2O4S. The Morgan fingerprint density at radius 1 is 1.06 bits per heavy atom. The highest BCUT2D eigenvalue weighted by atomic mass is 35.5. The molecule has 0 aromatic heterocycles. The van der Waals surface area contributed by atoms with Gasteiger partial charge in [-0.05, 0) is 67.1 Å². The Balaban J connectivity index is 1.44. The van der Waals surface area contributed by atoms with Gasteiger partial charge in [0, 0.05) is 23.7 Å². The summed E-state index contributed by atoms with van der Waals surface area (Å²) in [5.41, 5.74) is 2.16. The second kappa shape index (κ2) is 9.48. The van der Waals surface area contributed by atoms with E-state index in [1.807, 2.05) is 13.8 Å². The van der Waals surface area contributed by atoms with E-state index in [4.69, 9.17) is 16.3 Å². The smallest absolute Gasteiger partial charge is 0.293 e. The molecular weight excluding hydrogens is 448 g/mol. The fourth-order valence-corrected chi connectivity index (χ4v) is 4.77. The maximum atomic E-state index is 12.8. The third-order valence-corrected chi connectivity index (χ3v) is 6.45. The van der Waals surface area contributed by atoms with Crippen LogP contribution in [0.3, 0.4) is 0 Å². The Kier molecular flexibility index (Phi) is 6.69. The van der Waals surface area contributed by atoms with Crippen LogP contribution in [0.25, 0.3) is 6.08 Å². The molecule has 0 bridgehead atoms. The summed E-state index contributed by atoms with van der Waals surface area (Å²) < 4.78 is 5.69. The van der Waals surface area contributed by atoms with Gasteiger partial charge in [-0.1, -0.05) is 35.9 Å². The molecule has 2 fully saturated rings. The second-order valence-electron chi connectivity index (χ2n) is 7.98. The highest BCUT2D eigenvalue weighted by Crippen LogP contribution is 2.33. The Morgan fingerprint density at radius 3 is 2.31 bits per heavy atom. The molecule has 0 N–H and O–H groups in total. The summed E-state index contributed by atoms with van der Waals surface area (Å²) in [6.45, 7) is 5.23. The number of nitrogens with zero attached hydrogens (tertiary/aromatic N) is 2. The van der Waals surface area contributed by atoms with Crippen LogP contribution in [0.5, 0.6) is 0 Å². The number of hydrogen-bond acceptors (Lipinski definition) is 5. The number of amides is 3. The lowest BCUT2D eigenvalue weighted by Gasteiger charge is -2.35. The van der Waals surface area contributed by atoms with Crippen LogP contribution in [0.15, 0.2) is 53.4 Å². The number of rotatable bonds is 4. The molecule has 166 valence electrons. The van der Waals surface area contributed by atoms with Gasteiger partial charge in [-0.15, -0.1) is 0 Å². The Morgan fingerprint density at radius 2 is 1.69 bits per heavy atom. The van der Waals surface area contributed by atoms with Gasteiger partial charge in [0.05, 0.1) is 23.7 Å². The molecule has 2 aromatic carbocycles. The molecule has 0 saturated carbocycles. The third-order valence-electron chi connectivity index (χ3n) is 5.29. The molecule has 2 aliphatic rings. The molecule has 6 nitrogen and oxygen atoms in total. The minimum absolute atomic E-state index is 0.00506. The van der Waals surface area contributed by atoms with Gasteiger partial charge < -0.3 is 9.64 Å². The van der Waals surface area contributed by atoms with E-state index in [2.05, 4.69) is 0 Å². The minimum atomic E-state index is -0.327. The molecule has 32 heavy (non-hydrogen) atoms. The number of thioether (sulfide) groups is 1. The van der Waals surface area contributed by atoms with Crippen molar-refractivity contribution in [2.24, 2.45) is 0 Å². The van der Waals surface area contributed by atoms with Gasteiger partial charge in [-0.25, -0.2) is 0 Å². The summed E-state index contributed by atoms with van der Waals surface area (Å²) >= 11 is 6.81. The van der Waals surface area contributed by atoms with Gasteiger partial charge in [-0.2, -0.15) is 0 Å². The molecule has 4 rings (SSSR count). The molecule has 0 aliphatic carbocycles. The van der Waals surface area contributed by atoms with Crippen LogP contribution >= 0.6 is 23.4 Å². The summed E-state index contributed by atoms with van der Waals surface area (Å²) in [6, 6.07) is 14.1. The van der Waals surface area contributed by atoms with Crippen LogP contribution in [-0.2, 0) is 16.1 Å². The predicted octanol–water partition coefficient (Wildman–Crippen LogP) is 4.83. The first-order valence-electron chi connectivity index (χ1n) is 10.3. The van der Waals surface area contributed by atoms with Gasteiger partial charge >= 0.3 is 0 Å². The van der Waals surface area contributed by atoms with E-state index < -0.39 is 0 Å². The van der Waals surface area contributed by atoms with Crippen LogP contribution in [0.4, 0.5) is 4.79 Å². The zero-order valence-corrected chi connectivity index (χ0v) is 19.4.